The minimum atomic E-state index is 1.27. The quantitative estimate of drug-likeness (QED) is 0.420. The van der Waals surface area contributed by atoms with E-state index in [1.807, 2.05) is 0 Å². The van der Waals surface area contributed by atoms with Crippen LogP contribution >= 0.6 is 24.5 Å². The molecule has 1 aliphatic rings. The molecule has 1 heterocycles. The molecule has 0 N–H and O–H groups in total. The maximum Gasteiger partial charge on any atom is -0.0279 e. The van der Waals surface area contributed by atoms with Gasteiger partial charge in [-0.25, -0.2) is 0 Å². The van der Waals surface area contributed by atoms with Crippen molar-refractivity contribution in [2.24, 2.45) is 0 Å². The van der Waals surface area contributed by atoms with Crippen molar-refractivity contribution in [1.29, 1.82) is 0 Å². The average molecular weight is 220 g/mol. The Balaban J connectivity index is 2.10. The third-order valence-corrected chi connectivity index (χ3v) is 9.19. The zero-order valence-electron chi connectivity index (χ0n) is 7.60. The molecule has 0 bridgehead atoms. The number of rotatable bonds is 0. The highest BCUT2D eigenvalue weighted by Gasteiger charge is 1.92. The van der Waals surface area contributed by atoms with Crippen molar-refractivity contribution in [3.63, 3.8) is 0 Å². The van der Waals surface area contributed by atoms with Gasteiger partial charge in [0.05, 0.1) is 0 Å². The molecular formula is C9H19P3. The molecular weight excluding hydrogens is 201 g/mol. The van der Waals surface area contributed by atoms with Gasteiger partial charge in [-0.1, -0.05) is 43.1 Å². The second-order valence-electron chi connectivity index (χ2n) is 3.09. The molecule has 3 heteroatoms. The average Bonchev–Trinajstić information content (AvgIpc) is 2.05. The molecule has 0 aromatic carbocycles. The fourth-order valence-electron chi connectivity index (χ4n) is 1.23. The summed E-state index contributed by atoms with van der Waals surface area (Å²) in [5.41, 5.74) is 0. The Bertz CT molecular complexity index is 109. The van der Waals surface area contributed by atoms with Crippen molar-refractivity contribution >= 4 is 24.5 Å². The fraction of sp³-hybridized carbons (Fsp3) is 0.778. The Morgan fingerprint density at radius 1 is 0.750 bits per heavy atom. The van der Waals surface area contributed by atoms with Gasteiger partial charge < -0.3 is 0 Å². The predicted molar refractivity (Wildman–Crippen MR) is 66.9 cm³/mol. The molecule has 1 rings (SSSR count). The molecule has 0 aliphatic carbocycles. The van der Waals surface area contributed by atoms with Gasteiger partial charge >= 0.3 is 0 Å². The van der Waals surface area contributed by atoms with E-state index in [9.17, 15) is 0 Å². The van der Waals surface area contributed by atoms with Gasteiger partial charge in [-0.3, -0.25) is 0 Å². The molecule has 0 aromatic rings. The summed E-state index contributed by atoms with van der Waals surface area (Å²) in [6, 6.07) is 0. The summed E-state index contributed by atoms with van der Waals surface area (Å²) in [5, 5.41) is 0. The van der Waals surface area contributed by atoms with Crippen LogP contribution in [0.5, 0.6) is 0 Å². The molecule has 12 heavy (non-hydrogen) atoms. The number of hydrogen-bond acceptors (Lipinski definition) is 0. The number of hydrogen-bond donors (Lipinski definition) is 0. The van der Waals surface area contributed by atoms with Crippen molar-refractivity contribution in [3.8, 4) is 0 Å². The minimum Gasteiger partial charge on any atom is -0.0950 e. The zero-order chi connectivity index (χ0) is 8.49. The van der Waals surface area contributed by atoms with Gasteiger partial charge in [0.25, 0.3) is 0 Å². The van der Waals surface area contributed by atoms with Crippen LogP contribution in [-0.2, 0) is 0 Å². The third kappa shape index (κ3) is 6.54. The summed E-state index contributed by atoms with van der Waals surface area (Å²) >= 11 is 0. The van der Waals surface area contributed by atoms with Gasteiger partial charge in [0.15, 0.2) is 0 Å². The Labute approximate surface area is 81.5 Å². The molecule has 3 atom stereocenters. The van der Waals surface area contributed by atoms with Crippen LogP contribution in [0.4, 0.5) is 0 Å². The number of allylic oxidation sites excluding steroid dienone is 2. The van der Waals surface area contributed by atoms with Gasteiger partial charge in [0.2, 0.25) is 0 Å². The van der Waals surface area contributed by atoms with Gasteiger partial charge in [0.1, 0.15) is 0 Å². The van der Waals surface area contributed by atoms with E-state index in [1.54, 1.807) is 0 Å². The second-order valence-corrected chi connectivity index (χ2v) is 10.2. The van der Waals surface area contributed by atoms with E-state index in [1.165, 1.54) is 68.9 Å². The summed E-state index contributed by atoms with van der Waals surface area (Å²) < 4.78 is 0. The standard InChI is InChI=1S/C9H19P3/c1-2-4-6-8-10-12-11-9-7-5-3-1/h2,4,10-12H,1,3,5-9H2/b4-2-. The lowest BCUT2D eigenvalue weighted by Crippen LogP contribution is -1.78. The molecule has 70 valence electrons. The Hall–Kier alpha value is 1.03. The normalized spacial score (nSPS) is 31.3. The van der Waals surface area contributed by atoms with Crippen LogP contribution in [0, 0.1) is 0 Å². The molecule has 0 amide bonds. The summed E-state index contributed by atoms with van der Waals surface area (Å²) in [6.07, 6.45) is 14.8. The summed E-state index contributed by atoms with van der Waals surface area (Å²) in [4.78, 5) is 0. The van der Waals surface area contributed by atoms with Gasteiger partial charge in [0, 0.05) is 0 Å². The molecule has 1 aliphatic heterocycles. The Morgan fingerprint density at radius 2 is 1.58 bits per heavy atom. The van der Waals surface area contributed by atoms with Crippen LogP contribution in [0.15, 0.2) is 12.2 Å². The van der Waals surface area contributed by atoms with Crippen LogP contribution in [0.1, 0.15) is 32.1 Å². The van der Waals surface area contributed by atoms with E-state index >= 15 is 0 Å². The second kappa shape index (κ2) is 8.62. The molecule has 0 saturated carbocycles. The van der Waals surface area contributed by atoms with E-state index in [-0.39, 0.29) is 0 Å². The Kier molecular flexibility index (Phi) is 7.98. The first kappa shape index (κ1) is 11.1. The SMILES string of the molecule is C1=C\CCPPPCCCCC/1. The largest absolute Gasteiger partial charge is 0.0950 e. The fourth-order valence-corrected chi connectivity index (χ4v) is 7.81. The summed E-state index contributed by atoms with van der Waals surface area (Å²) in [7, 11) is 3.86. The highest BCUT2D eigenvalue weighted by atomic mass is 32.4. The lowest BCUT2D eigenvalue weighted by atomic mass is 10.2. The predicted octanol–water partition coefficient (Wildman–Crippen LogP) is 4.37. The molecule has 0 spiro atoms. The molecule has 0 nitrogen and oxygen atoms in total. The van der Waals surface area contributed by atoms with Gasteiger partial charge in [-0.2, -0.15) is 0 Å². The first-order chi connectivity index (χ1) is 6.00. The van der Waals surface area contributed by atoms with E-state index in [4.69, 9.17) is 0 Å². The van der Waals surface area contributed by atoms with Crippen molar-refractivity contribution < 1.29 is 0 Å². The Morgan fingerprint density at radius 3 is 2.58 bits per heavy atom. The van der Waals surface area contributed by atoms with Crippen LogP contribution in [0.2, 0.25) is 0 Å². The third-order valence-electron chi connectivity index (χ3n) is 1.95. The first-order valence-corrected chi connectivity index (χ1v) is 10.3. The summed E-state index contributed by atoms with van der Waals surface area (Å²) in [6.45, 7) is 0. The van der Waals surface area contributed by atoms with E-state index < -0.39 is 0 Å². The van der Waals surface area contributed by atoms with Gasteiger partial charge in [-0.05, 0) is 38.0 Å². The van der Waals surface area contributed by atoms with E-state index in [0.717, 1.165) is 0 Å². The molecule has 0 saturated heterocycles. The van der Waals surface area contributed by atoms with Crippen molar-refractivity contribution in [2.75, 3.05) is 12.3 Å². The van der Waals surface area contributed by atoms with Crippen LogP contribution < -0.4 is 0 Å². The van der Waals surface area contributed by atoms with Crippen LogP contribution in [0.3, 0.4) is 0 Å². The topological polar surface area (TPSA) is 0 Å². The molecule has 0 aromatic heterocycles. The zero-order valence-corrected chi connectivity index (χ0v) is 10.6. The molecule has 3 unspecified atom stereocenters. The van der Waals surface area contributed by atoms with Crippen molar-refractivity contribution in [1.82, 2.24) is 0 Å². The smallest absolute Gasteiger partial charge is 0.0279 e. The highest BCUT2D eigenvalue weighted by molar-refractivity contribution is 8.43. The summed E-state index contributed by atoms with van der Waals surface area (Å²) in [5.74, 6) is 0. The van der Waals surface area contributed by atoms with Crippen LogP contribution in [0.25, 0.3) is 0 Å². The lowest BCUT2D eigenvalue weighted by Gasteiger charge is -2.03. The van der Waals surface area contributed by atoms with Crippen LogP contribution in [-0.4, -0.2) is 12.3 Å². The maximum absolute atomic E-state index is 2.39. The lowest BCUT2D eigenvalue weighted by molar-refractivity contribution is 0.733. The minimum absolute atomic E-state index is 1.27. The first-order valence-electron chi connectivity index (χ1n) is 4.86. The van der Waals surface area contributed by atoms with E-state index in [2.05, 4.69) is 12.2 Å². The highest BCUT2D eigenvalue weighted by Crippen LogP contribution is 2.53. The van der Waals surface area contributed by atoms with Gasteiger partial charge in [-0.15, -0.1) is 0 Å². The van der Waals surface area contributed by atoms with Crippen molar-refractivity contribution in [3.05, 3.63) is 12.2 Å². The molecule has 0 fully saturated rings. The maximum atomic E-state index is 2.39. The van der Waals surface area contributed by atoms with Crippen molar-refractivity contribution in [2.45, 2.75) is 32.1 Å². The van der Waals surface area contributed by atoms with E-state index in [0.29, 0.717) is 0 Å². The monoisotopic (exact) mass is 220 g/mol. The molecule has 0 radical (unpaired) electrons.